The molecule has 100 valence electrons. The van der Waals surface area contributed by atoms with Gasteiger partial charge in [-0.25, -0.2) is 0 Å². The Labute approximate surface area is 124 Å². The van der Waals surface area contributed by atoms with Crippen molar-refractivity contribution in [3.63, 3.8) is 0 Å². The average molecular weight is 320 g/mol. The number of halogens is 3. The van der Waals surface area contributed by atoms with Gasteiger partial charge in [-0.05, 0) is 18.2 Å². The van der Waals surface area contributed by atoms with Crippen molar-refractivity contribution < 1.29 is 9.32 Å². The summed E-state index contributed by atoms with van der Waals surface area (Å²) >= 11 is 17.2. The van der Waals surface area contributed by atoms with Gasteiger partial charge in [0, 0.05) is 21.7 Å². The summed E-state index contributed by atoms with van der Waals surface area (Å²) in [5.74, 6) is 0.492. The topological polar surface area (TPSA) is 55.1 Å². The molecular formula is C12H9Cl3N2O2. The lowest BCUT2D eigenvalue weighted by molar-refractivity contribution is 0.0947. The normalized spacial score (nSPS) is 10.5. The SMILES string of the molecule is O=C(NCc1cc(CCl)no1)c1cc(Cl)cc(Cl)c1. The first-order chi connectivity index (χ1) is 9.08. The van der Waals surface area contributed by atoms with Crippen LogP contribution in [0.2, 0.25) is 10.0 Å². The van der Waals surface area contributed by atoms with Crippen LogP contribution in [-0.2, 0) is 12.4 Å². The van der Waals surface area contributed by atoms with Crippen LogP contribution in [0.5, 0.6) is 0 Å². The van der Waals surface area contributed by atoms with Gasteiger partial charge in [0.15, 0.2) is 5.76 Å². The number of carbonyl (C=O) groups excluding carboxylic acids is 1. The molecule has 0 spiro atoms. The number of aromatic nitrogens is 1. The summed E-state index contributed by atoms with van der Waals surface area (Å²) in [6.45, 7) is 0.215. The van der Waals surface area contributed by atoms with E-state index in [9.17, 15) is 4.79 Å². The number of amides is 1. The molecule has 4 nitrogen and oxygen atoms in total. The summed E-state index contributed by atoms with van der Waals surface area (Å²) in [6, 6.07) is 6.31. The number of nitrogens with one attached hydrogen (secondary N) is 1. The zero-order chi connectivity index (χ0) is 13.8. The maximum Gasteiger partial charge on any atom is 0.251 e. The molecule has 0 aliphatic rings. The summed E-state index contributed by atoms with van der Waals surface area (Å²) in [4.78, 5) is 11.9. The first kappa shape index (κ1) is 14.2. The lowest BCUT2D eigenvalue weighted by Gasteiger charge is -2.04. The largest absolute Gasteiger partial charge is 0.359 e. The number of hydrogen-bond donors (Lipinski definition) is 1. The third-order valence-corrected chi connectivity index (χ3v) is 3.00. The first-order valence-corrected chi connectivity index (χ1v) is 6.62. The molecule has 1 aromatic carbocycles. The smallest absolute Gasteiger partial charge is 0.251 e. The molecule has 1 amide bonds. The molecule has 0 saturated carbocycles. The van der Waals surface area contributed by atoms with Crippen LogP contribution in [0.15, 0.2) is 28.8 Å². The summed E-state index contributed by atoms with van der Waals surface area (Å²) in [5, 5.41) is 7.20. The van der Waals surface area contributed by atoms with E-state index >= 15 is 0 Å². The number of carbonyl (C=O) groups is 1. The molecule has 1 N–H and O–H groups in total. The van der Waals surface area contributed by atoms with Gasteiger partial charge in [0.2, 0.25) is 0 Å². The van der Waals surface area contributed by atoms with E-state index in [0.29, 0.717) is 27.1 Å². The molecule has 7 heteroatoms. The molecule has 19 heavy (non-hydrogen) atoms. The van der Waals surface area contributed by atoms with Gasteiger partial charge >= 0.3 is 0 Å². The van der Waals surface area contributed by atoms with E-state index in [0.717, 1.165) is 0 Å². The number of alkyl halides is 1. The molecule has 2 aromatic rings. The van der Waals surface area contributed by atoms with E-state index in [1.165, 1.54) is 12.1 Å². The van der Waals surface area contributed by atoms with E-state index in [4.69, 9.17) is 39.3 Å². The zero-order valence-corrected chi connectivity index (χ0v) is 11.9. The van der Waals surface area contributed by atoms with E-state index in [2.05, 4.69) is 10.5 Å². The van der Waals surface area contributed by atoms with Crippen LogP contribution in [0.1, 0.15) is 21.8 Å². The molecule has 1 heterocycles. The molecule has 0 bridgehead atoms. The Morgan fingerprint density at radius 2 is 1.89 bits per heavy atom. The Bertz CT molecular complexity index is 578. The van der Waals surface area contributed by atoms with Crippen LogP contribution in [-0.4, -0.2) is 11.1 Å². The quantitative estimate of drug-likeness (QED) is 0.875. The third kappa shape index (κ3) is 3.86. The van der Waals surface area contributed by atoms with E-state index in [-0.39, 0.29) is 18.3 Å². The molecule has 0 radical (unpaired) electrons. The Balaban J connectivity index is 2.00. The van der Waals surface area contributed by atoms with Crippen molar-refractivity contribution in [1.82, 2.24) is 10.5 Å². The number of hydrogen-bond acceptors (Lipinski definition) is 3. The van der Waals surface area contributed by atoms with Gasteiger partial charge in [-0.1, -0.05) is 28.4 Å². The van der Waals surface area contributed by atoms with Gasteiger partial charge in [-0.15, -0.1) is 11.6 Å². The fourth-order valence-electron chi connectivity index (χ4n) is 1.46. The van der Waals surface area contributed by atoms with Crippen molar-refractivity contribution >= 4 is 40.7 Å². The lowest BCUT2D eigenvalue weighted by atomic mass is 10.2. The van der Waals surface area contributed by atoms with Gasteiger partial charge in [0.1, 0.15) is 0 Å². The number of benzene rings is 1. The highest BCUT2D eigenvalue weighted by atomic mass is 35.5. The summed E-state index contributed by atoms with van der Waals surface area (Å²) in [7, 11) is 0. The Hall–Kier alpha value is -1.23. The first-order valence-electron chi connectivity index (χ1n) is 5.33. The maximum absolute atomic E-state index is 11.9. The highest BCUT2D eigenvalue weighted by molar-refractivity contribution is 6.35. The molecule has 0 aliphatic heterocycles. The Morgan fingerprint density at radius 3 is 2.47 bits per heavy atom. The minimum Gasteiger partial charge on any atom is -0.359 e. The minimum atomic E-state index is -0.298. The third-order valence-electron chi connectivity index (χ3n) is 2.29. The van der Waals surface area contributed by atoms with Crippen LogP contribution in [0.25, 0.3) is 0 Å². The van der Waals surface area contributed by atoms with Crippen molar-refractivity contribution in [3.05, 3.63) is 51.3 Å². The van der Waals surface area contributed by atoms with Crippen LogP contribution < -0.4 is 5.32 Å². The van der Waals surface area contributed by atoms with Crippen molar-refractivity contribution in [2.45, 2.75) is 12.4 Å². The van der Waals surface area contributed by atoms with E-state index < -0.39 is 0 Å². The Morgan fingerprint density at radius 1 is 1.21 bits per heavy atom. The summed E-state index contributed by atoms with van der Waals surface area (Å²) in [6.07, 6.45) is 0. The van der Waals surface area contributed by atoms with Gasteiger partial charge < -0.3 is 9.84 Å². The molecule has 0 aliphatic carbocycles. The monoisotopic (exact) mass is 318 g/mol. The highest BCUT2D eigenvalue weighted by Crippen LogP contribution is 2.19. The molecule has 0 fully saturated rings. The van der Waals surface area contributed by atoms with Gasteiger partial charge in [0.25, 0.3) is 5.91 Å². The molecule has 0 saturated heterocycles. The number of nitrogens with zero attached hydrogens (tertiary/aromatic N) is 1. The molecule has 0 atom stereocenters. The standard InChI is InChI=1S/C12H9Cl3N2O2/c13-5-10-4-11(19-17-10)6-16-12(18)7-1-8(14)3-9(15)2-7/h1-4H,5-6H2,(H,16,18). The van der Waals surface area contributed by atoms with Crippen molar-refractivity contribution in [2.75, 3.05) is 0 Å². The van der Waals surface area contributed by atoms with Crippen molar-refractivity contribution in [3.8, 4) is 0 Å². The van der Waals surface area contributed by atoms with Crippen molar-refractivity contribution in [1.29, 1.82) is 0 Å². The Kier molecular flexibility index (Phi) is 4.69. The molecule has 0 unspecified atom stereocenters. The number of rotatable bonds is 4. The van der Waals surface area contributed by atoms with Crippen molar-refractivity contribution in [2.24, 2.45) is 0 Å². The fourth-order valence-corrected chi connectivity index (χ4v) is 2.11. The fraction of sp³-hybridized carbons (Fsp3) is 0.167. The second-order valence-corrected chi connectivity index (χ2v) is 4.90. The van der Waals surface area contributed by atoms with Crippen LogP contribution in [0.3, 0.4) is 0 Å². The minimum absolute atomic E-state index is 0.215. The summed E-state index contributed by atoms with van der Waals surface area (Å²) < 4.78 is 4.99. The van der Waals surface area contributed by atoms with Gasteiger partial charge in [-0.2, -0.15) is 0 Å². The van der Waals surface area contributed by atoms with E-state index in [1.807, 2.05) is 0 Å². The van der Waals surface area contributed by atoms with Gasteiger partial charge in [0.05, 0.1) is 18.1 Å². The second-order valence-electron chi connectivity index (χ2n) is 3.76. The highest BCUT2D eigenvalue weighted by Gasteiger charge is 2.09. The summed E-state index contributed by atoms with van der Waals surface area (Å²) in [5.41, 5.74) is 1.01. The van der Waals surface area contributed by atoms with Crippen LogP contribution in [0, 0.1) is 0 Å². The van der Waals surface area contributed by atoms with Crippen LogP contribution in [0.4, 0.5) is 0 Å². The molecule has 1 aromatic heterocycles. The predicted octanol–water partition coefficient (Wildman–Crippen LogP) is 3.65. The van der Waals surface area contributed by atoms with E-state index in [1.54, 1.807) is 12.1 Å². The second kappa shape index (κ2) is 6.28. The average Bonchev–Trinajstić information content (AvgIpc) is 2.82. The molecule has 2 rings (SSSR count). The lowest BCUT2D eigenvalue weighted by Crippen LogP contribution is -2.22. The predicted molar refractivity (Wildman–Crippen MR) is 73.7 cm³/mol. The zero-order valence-electron chi connectivity index (χ0n) is 9.62. The van der Waals surface area contributed by atoms with Crippen LogP contribution >= 0.6 is 34.8 Å². The molecular weight excluding hydrogens is 311 g/mol. The van der Waals surface area contributed by atoms with Gasteiger partial charge in [-0.3, -0.25) is 4.79 Å². The maximum atomic E-state index is 11.9.